The Kier molecular flexibility index (Phi) is 6.30. The Morgan fingerprint density at radius 3 is 2.24 bits per heavy atom. The van der Waals surface area contributed by atoms with Crippen molar-refractivity contribution in [1.29, 1.82) is 0 Å². The van der Waals surface area contributed by atoms with Gasteiger partial charge in [-0.05, 0) is 43.4 Å². The van der Waals surface area contributed by atoms with E-state index in [-0.39, 0.29) is 0 Å². The summed E-state index contributed by atoms with van der Waals surface area (Å²) in [6.07, 6.45) is 9.99. The lowest BCUT2D eigenvalue weighted by molar-refractivity contribution is 0.171. The second-order valence-electron chi connectivity index (χ2n) is 6.61. The minimum atomic E-state index is 0.811. The normalized spacial score (nSPS) is 27.1. The van der Waals surface area contributed by atoms with Crippen molar-refractivity contribution in [3.05, 3.63) is 12.2 Å². The molecule has 0 nitrogen and oxygen atoms in total. The highest BCUT2D eigenvalue weighted by Gasteiger charge is 2.27. The molecule has 0 aliphatic heterocycles. The Labute approximate surface area is 109 Å². The van der Waals surface area contributed by atoms with Gasteiger partial charge < -0.3 is 0 Å². The van der Waals surface area contributed by atoms with Crippen LogP contribution in [0.4, 0.5) is 0 Å². The molecule has 3 unspecified atom stereocenters. The van der Waals surface area contributed by atoms with Crippen LogP contribution in [0.1, 0.15) is 72.6 Å². The summed E-state index contributed by atoms with van der Waals surface area (Å²) in [5, 5.41) is 0. The second-order valence-corrected chi connectivity index (χ2v) is 6.61. The van der Waals surface area contributed by atoms with E-state index in [9.17, 15) is 0 Å². The van der Waals surface area contributed by atoms with Crippen LogP contribution in [0.25, 0.3) is 0 Å². The molecule has 1 aliphatic carbocycles. The zero-order chi connectivity index (χ0) is 12.8. The van der Waals surface area contributed by atoms with E-state index in [0.29, 0.717) is 0 Å². The molecule has 0 bridgehead atoms. The van der Waals surface area contributed by atoms with Gasteiger partial charge in [-0.25, -0.2) is 0 Å². The molecule has 0 amide bonds. The maximum Gasteiger partial charge on any atom is -0.0295 e. The first kappa shape index (κ1) is 14.8. The fourth-order valence-electron chi connectivity index (χ4n) is 3.56. The molecule has 0 aromatic carbocycles. The SMILES string of the molecule is C=C(C)CC(CC1CCCCC1CC)C(C)C. The van der Waals surface area contributed by atoms with Gasteiger partial charge in [-0.2, -0.15) is 0 Å². The van der Waals surface area contributed by atoms with E-state index in [2.05, 4.69) is 34.3 Å². The summed E-state index contributed by atoms with van der Waals surface area (Å²) in [6, 6.07) is 0. The molecule has 0 radical (unpaired) electrons. The van der Waals surface area contributed by atoms with Gasteiger partial charge in [-0.1, -0.05) is 58.4 Å². The van der Waals surface area contributed by atoms with E-state index in [1.165, 1.54) is 50.5 Å². The third-order valence-electron chi connectivity index (χ3n) is 4.75. The standard InChI is InChI=1S/C17H32/c1-6-15-9-7-8-10-16(15)12-17(14(4)5)11-13(2)3/h14-17H,2,6-12H2,1,3-5H3. The van der Waals surface area contributed by atoms with Gasteiger partial charge >= 0.3 is 0 Å². The molecule has 0 aromatic heterocycles. The van der Waals surface area contributed by atoms with Gasteiger partial charge in [-0.15, -0.1) is 6.58 Å². The molecule has 1 rings (SSSR count). The van der Waals surface area contributed by atoms with Crippen LogP contribution in [0.3, 0.4) is 0 Å². The molecular weight excluding hydrogens is 204 g/mol. The molecule has 17 heavy (non-hydrogen) atoms. The number of hydrogen-bond donors (Lipinski definition) is 0. The Balaban J connectivity index is 2.54. The lowest BCUT2D eigenvalue weighted by atomic mass is 9.71. The fourth-order valence-corrected chi connectivity index (χ4v) is 3.56. The first-order valence-corrected chi connectivity index (χ1v) is 7.69. The van der Waals surface area contributed by atoms with Crippen LogP contribution in [0, 0.1) is 23.7 Å². The van der Waals surface area contributed by atoms with Crippen molar-refractivity contribution < 1.29 is 0 Å². The molecule has 100 valence electrons. The number of rotatable bonds is 6. The van der Waals surface area contributed by atoms with E-state index in [0.717, 1.165) is 23.7 Å². The molecule has 1 aliphatic rings. The third-order valence-corrected chi connectivity index (χ3v) is 4.75. The summed E-state index contributed by atoms with van der Waals surface area (Å²) in [6.45, 7) is 13.5. The first-order valence-electron chi connectivity index (χ1n) is 7.69. The van der Waals surface area contributed by atoms with Gasteiger partial charge in [0.05, 0.1) is 0 Å². The number of allylic oxidation sites excluding steroid dienone is 1. The van der Waals surface area contributed by atoms with Crippen molar-refractivity contribution in [2.75, 3.05) is 0 Å². The summed E-state index contributed by atoms with van der Waals surface area (Å²) < 4.78 is 0. The van der Waals surface area contributed by atoms with Gasteiger partial charge in [0, 0.05) is 0 Å². The average molecular weight is 236 g/mol. The molecule has 0 saturated heterocycles. The van der Waals surface area contributed by atoms with Crippen LogP contribution in [0.5, 0.6) is 0 Å². The predicted octanol–water partition coefficient (Wildman–Crippen LogP) is 5.83. The van der Waals surface area contributed by atoms with E-state index in [1.807, 2.05) is 0 Å². The van der Waals surface area contributed by atoms with Gasteiger partial charge in [0.2, 0.25) is 0 Å². The van der Waals surface area contributed by atoms with Gasteiger partial charge in [0.15, 0.2) is 0 Å². The molecule has 0 aromatic rings. The maximum absolute atomic E-state index is 4.11. The van der Waals surface area contributed by atoms with Crippen LogP contribution in [0.2, 0.25) is 0 Å². The van der Waals surface area contributed by atoms with Crippen molar-refractivity contribution in [2.24, 2.45) is 23.7 Å². The van der Waals surface area contributed by atoms with Crippen molar-refractivity contribution >= 4 is 0 Å². The van der Waals surface area contributed by atoms with Crippen LogP contribution in [0.15, 0.2) is 12.2 Å². The molecule has 0 heteroatoms. The highest BCUT2D eigenvalue weighted by atomic mass is 14.3. The van der Waals surface area contributed by atoms with E-state index < -0.39 is 0 Å². The quantitative estimate of drug-likeness (QED) is 0.509. The van der Waals surface area contributed by atoms with Crippen LogP contribution in [-0.4, -0.2) is 0 Å². The van der Waals surface area contributed by atoms with Crippen LogP contribution in [-0.2, 0) is 0 Å². The van der Waals surface area contributed by atoms with Crippen molar-refractivity contribution in [1.82, 2.24) is 0 Å². The summed E-state index contributed by atoms with van der Waals surface area (Å²) >= 11 is 0. The predicted molar refractivity (Wildman–Crippen MR) is 78.1 cm³/mol. The molecule has 0 spiro atoms. The minimum Gasteiger partial charge on any atom is -0.100 e. The first-order chi connectivity index (χ1) is 8.04. The van der Waals surface area contributed by atoms with E-state index >= 15 is 0 Å². The molecule has 3 atom stereocenters. The maximum atomic E-state index is 4.11. The van der Waals surface area contributed by atoms with Crippen molar-refractivity contribution in [3.63, 3.8) is 0 Å². The minimum absolute atomic E-state index is 0.811. The Hall–Kier alpha value is -0.260. The van der Waals surface area contributed by atoms with E-state index in [4.69, 9.17) is 0 Å². The van der Waals surface area contributed by atoms with Crippen LogP contribution < -0.4 is 0 Å². The zero-order valence-electron chi connectivity index (χ0n) is 12.5. The third kappa shape index (κ3) is 4.85. The zero-order valence-corrected chi connectivity index (χ0v) is 12.5. The highest BCUT2D eigenvalue weighted by molar-refractivity contribution is 4.92. The Morgan fingerprint density at radius 1 is 1.18 bits per heavy atom. The largest absolute Gasteiger partial charge is 0.100 e. The smallest absolute Gasteiger partial charge is 0.0295 e. The van der Waals surface area contributed by atoms with Crippen molar-refractivity contribution in [3.8, 4) is 0 Å². The number of hydrogen-bond acceptors (Lipinski definition) is 0. The van der Waals surface area contributed by atoms with Gasteiger partial charge in [-0.3, -0.25) is 0 Å². The van der Waals surface area contributed by atoms with Gasteiger partial charge in [0.1, 0.15) is 0 Å². The van der Waals surface area contributed by atoms with Gasteiger partial charge in [0.25, 0.3) is 0 Å². The van der Waals surface area contributed by atoms with Crippen LogP contribution >= 0.6 is 0 Å². The van der Waals surface area contributed by atoms with Crippen molar-refractivity contribution in [2.45, 2.75) is 72.6 Å². The molecule has 0 heterocycles. The summed E-state index contributed by atoms with van der Waals surface area (Å²) in [5.74, 6) is 3.69. The summed E-state index contributed by atoms with van der Waals surface area (Å²) in [4.78, 5) is 0. The molecule has 0 N–H and O–H groups in total. The summed E-state index contributed by atoms with van der Waals surface area (Å²) in [5.41, 5.74) is 1.37. The van der Waals surface area contributed by atoms with E-state index in [1.54, 1.807) is 0 Å². The molecule has 1 saturated carbocycles. The Morgan fingerprint density at radius 2 is 1.76 bits per heavy atom. The lowest BCUT2D eigenvalue weighted by Crippen LogP contribution is -2.23. The second kappa shape index (κ2) is 7.24. The lowest BCUT2D eigenvalue weighted by Gasteiger charge is -2.35. The highest BCUT2D eigenvalue weighted by Crippen LogP contribution is 2.39. The molecular formula is C17H32. The average Bonchev–Trinajstić information content (AvgIpc) is 2.28. The topological polar surface area (TPSA) is 0 Å². The fraction of sp³-hybridized carbons (Fsp3) is 0.882. The monoisotopic (exact) mass is 236 g/mol. The Bertz CT molecular complexity index is 226. The summed E-state index contributed by atoms with van der Waals surface area (Å²) in [7, 11) is 0. The molecule has 1 fully saturated rings.